The third-order valence-corrected chi connectivity index (χ3v) is 3.27. The lowest BCUT2D eigenvalue weighted by Gasteiger charge is -2.01. The van der Waals surface area contributed by atoms with Gasteiger partial charge in [0.1, 0.15) is 12.4 Å². The van der Waals surface area contributed by atoms with Gasteiger partial charge in [-0.2, -0.15) is 5.26 Å². The number of methoxy groups -OCH3 is 1. The highest BCUT2D eigenvalue weighted by Crippen LogP contribution is 2.23. The molecule has 0 spiro atoms. The van der Waals surface area contributed by atoms with Crippen molar-refractivity contribution in [3.05, 3.63) is 45.4 Å². The van der Waals surface area contributed by atoms with E-state index in [1.165, 1.54) is 6.21 Å². The average molecular weight is 287 g/mol. The first-order valence-electron chi connectivity index (χ1n) is 5.86. The van der Waals surface area contributed by atoms with Gasteiger partial charge in [0.05, 0.1) is 30.7 Å². The second kappa shape index (κ2) is 6.68. The van der Waals surface area contributed by atoms with Crippen molar-refractivity contribution in [1.29, 1.82) is 5.26 Å². The molecule has 0 unspecified atom stereocenters. The summed E-state index contributed by atoms with van der Waals surface area (Å²) in [5.41, 5.74) is 2.87. The van der Waals surface area contributed by atoms with Crippen LogP contribution >= 0.6 is 11.3 Å². The molecule has 0 bridgehead atoms. The van der Waals surface area contributed by atoms with E-state index in [2.05, 4.69) is 16.2 Å². The highest BCUT2D eigenvalue weighted by atomic mass is 32.1. The van der Waals surface area contributed by atoms with Crippen molar-refractivity contribution in [1.82, 2.24) is 4.98 Å². The third kappa shape index (κ3) is 3.56. The predicted octanol–water partition coefficient (Wildman–Crippen LogP) is 2.88. The molecule has 0 atom stereocenters. The van der Waals surface area contributed by atoms with E-state index in [9.17, 15) is 0 Å². The van der Waals surface area contributed by atoms with Crippen LogP contribution in [-0.2, 0) is 11.4 Å². The largest absolute Gasteiger partial charge is 0.495 e. The first-order chi connectivity index (χ1) is 9.72. The summed E-state index contributed by atoms with van der Waals surface area (Å²) in [5, 5.41) is 16.6. The quantitative estimate of drug-likeness (QED) is 0.626. The van der Waals surface area contributed by atoms with Gasteiger partial charge in [-0.3, -0.25) is 4.98 Å². The van der Waals surface area contributed by atoms with E-state index < -0.39 is 0 Å². The van der Waals surface area contributed by atoms with E-state index in [-0.39, 0.29) is 0 Å². The number of nitrogens with zero attached hydrogens (tertiary/aromatic N) is 3. The van der Waals surface area contributed by atoms with Crippen LogP contribution in [0.4, 0.5) is 0 Å². The van der Waals surface area contributed by atoms with Crippen LogP contribution < -0.4 is 4.74 Å². The van der Waals surface area contributed by atoms with Gasteiger partial charge in [0, 0.05) is 22.0 Å². The lowest BCUT2D eigenvalue weighted by molar-refractivity contribution is 0.130. The van der Waals surface area contributed by atoms with E-state index >= 15 is 0 Å². The summed E-state index contributed by atoms with van der Waals surface area (Å²) < 4.78 is 5.18. The van der Waals surface area contributed by atoms with E-state index in [0.29, 0.717) is 17.9 Å². The number of oxime groups is 1. The molecule has 0 radical (unpaired) electrons. The fraction of sp³-hybridized carbons (Fsp3) is 0.214. The zero-order valence-electron chi connectivity index (χ0n) is 11.2. The molecule has 0 amide bonds. The van der Waals surface area contributed by atoms with Crippen LogP contribution in [0.25, 0.3) is 0 Å². The maximum atomic E-state index is 8.87. The van der Waals surface area contributed by atoms with Gasteiger partial charge >= 0.3 is 0 Å². The molecular formula is C14H13N3O2S. The molecule has 6 heteroatoms. The highest BCUT2D eigenvalue weighted by Gasteiger charge is 2.03. The molecule has 0 fully saturated rings. The van der Waals surface area contributed by atoms with Crippen molar-refractivity contribution in [2.45, 2.75) is 13.5 Å². The Hall–Kier alpha value is -2.39. The van der Waals surface area contributed by atoms with Gasteiger partial charge in [0.15, 0.2) is 0 Å². The fourth-order valence-electron chi connectivity index (χ4n) is 1.62. The van der Waals surface area contributed by atoms with Gasteiger partial charge in [0.2, 0.25) is 0 Å². The van der Waals surface area contributed by atoms with Gasteiger partial charge in [-0.15, -0.1) is 11.3 Å². The summed E-state index contributed by atoms with van der Waals surface area (Å²) in [5.74, 6) is 0.797. The summed E-state index contributed by atoms with van der Waals surface area (Å²) in [6.07, 6.45) is 1.49. The number of ether oxygens (including phenoxy) is 1. The number of hydrogen-bond acceptors (Lipinski definition) is 6. The molecule has 0 aromatic carbocycles. The van der Waals surface area contributed by atoms with Crippen LogP contribution in [0.1, 0.15) is 22.5 Å². The number of nitriles is 1. The smallest absolute Gasteiger partial charge is 0.146 e. The molecule has 0 aliphatic rings. The first-order valence-corrected chi connectivity index (χ1v) is 6.80. The highest BCUT2D eigenvalue weighted by molar-refractivity contribution is 7.08. The molecule has 5 nitrogen and oxygen atoms in total. The number of pyridine rings is 1. The normalized spacial score (nSPS) is 10.4. The number of aryl methyl sites for hydroxylation is 1. The lowest BCUT2D eigenvalue weighted by atomic mass is 10.2. The van der Waals surface area contributed by atoms with Crippen molar-refractivity contribution < 1.29 is 9.57 Å². The van der Waals surface area contributed by atoms with Crippen molar-refractivity contribution in [2.75, 3.05) is 7.11 Å². The predicted molar refractivity (Wildman–Crippen MR) is 76.9 cm³/mol. The Bertz CT molecular complexity index is 659. The number of thiophene rings is 1. The minimum atomic E-state index is 0.333. The molecule has 0 saturated carbocycles. The summed E-state index contributed by atoms with van der Waals surface area (Å²) in [7, 11) is 1.62. The number of rotatable bonds is 5. The Kier molecular flexibility index (Phi) is 4.69. The summed E-state index contributed by atoms with van der Waals surface area (Å²) in [4.78, 5) is 9.46. The molecule has 102 valence electrons. The van der Waals surface area contributed by atoms with Crippen molar-refractivity contribution in [3.63, 3.8) is 0 Å². The van der Waals surface area contributed by atoms with Gasteiger partial charge < -0.3 is 9.57 Å². The third-order valence-electron chi connectivity index (χ3n) is 2.50. The van der Waals surface area contributed by atoms with E-state index in [1.807, 2.05) is 17.7 Å². The second-order valence-corrected chi connectivity index (χ2v) is 4.75. The molecule has 0 aliphatic carbocycles. The summed E-state index contributed by atoms with van der Waals surface area (Å²) in [6.45, 7) is 2.16. The monoisotopic (exact) mass is 287 g/mol. The lowest BCUT2D eigenvalue weighted by Crippen LogP contribution is -1.94. The number of aromatic nitrogens is 1. The van der Waals surface area contributed by atoms with Crippen LogP contribution in [-0.4, -0.2) is 18.3 Å². The van der Waals surface area contributed by atoms with Crippen LogP contribution in [0.15, 0.2) is 28.0 Å². The zero-order chi connectivity index (χ0) is 14.4. The van der Waals surface area contributed by atoms with Crippen molar-refractivity contribution in [3.8, 4) is 11.8 Å². The first kappa shape index (κ1) is 14.0. The van der Waals surface area contributed by atoms with Crippen LogP contribution in [0, 0.1) is 18.3 Å². The Morgan fingerprint density at radius 1 is 1.45 bits per heavy atom. The van der Waals surface area contributed by atoms with Crippen LogP contribution in [0.2, 0.25) is 0 Å². The van der Waals surface area contributed by atoms with Crippen molar-refractivity contribution >= 4 is 17.6 Å². The molecule has 2 aromatic heterocycles. The minimum absolute atomic E-state index is 0.333. The maximum absolute atomic E-state index is 8.87. The minimum Gasteiger partial charge on any atom is -0.495 e. The summed E-state index contributed by atoms with van der Waals surface area (Å²) >= 11 is 1.55. The molecular weight excluding hydrogens is 274 g/mol. The van der Waals surface area contributed by atoms with Gasteiger partial charge in [-0.1, -0.05) is 5.16 Å². The molecule has 0 saturated heterocycles. The molecule has 2 heterocycles. The second-order valence-electron chi connectivity index (χ2n) is 4.01. The van der Waals surface area contributed by atoms with Gasteiger partial charge in [0.25, 0.3) is 0 Å². The van der Waals surface area contributed by atoms with E-state index in [0.717, 1.165) is 17.0 Å². The summed E-state index contributed by atoms with van der Waals surface area (Å²) in [6, 6.07) is 5.45. The maximum Gasteiger partial charge on any atom is 0.146 e. The molecule has 20 heavy (non-hydrogen) atoms. The van der Waals surface area contributed by atoms with E-state index in [1.54, 1.807) is 30.6 Å². The Labute approximate surface area is 121 Å². The zero-order valence-corrected chi connectivity index (χ0v) is 12.0. The fourth-order valence-corrected chi connectivity index (χ4v) is 2.41. The van der Waals surface area contributed by atoms with Gasteiger partial charge in [-0.05, 0) is 19.1 Å². The van der Waals surface area contributed by atoms with E-state index in [4.69, 9.17) is 14.8 Å². The average Bonchev–Trinajstić information content (AvgIpc) is 2.90. The Morgan fingerprint density at radius 2 is 2.30 bits per heavy atom. The van der Waals surface area contributed by atoms with Crippen LogP contribution in [0.5, 0.6) is 5.75 Å². The standard InChI is InChI=1S/C14H13N3O2S/c1-10-3-11(5-15)4-13(17-10)6-16-19-7-12-8-20-9-14(12)18-2/h3-4,6,8-9H,7H2,1-2H3. The Morgan fingerprint density at radius 3 is 3.05 bits per heavy atom. The molecule has 0 N–H and O–H groups in total. The SMILES string of the molecule is COc1cscc1CON=Cc1cc(C#N)cc(C)n1. The van der Waals surface area contributed by atoms with Gasteiger partial charge in [-0.25, -0.2) is 0 Å². The number of hydrogen-bond donors (Lipinski definition) is 0. The topological polar surface area (TPSA) is 67.5 Å². The molecule has 2 aromatic rings. The van der Waals surface area contributed by atoms with Crippen molar-refractivity contribution in [2.24, 2.45) is 5.16 Å². The molecule has 0 aliphatic heterocycles. The Balaban J connectivity index is 1.97. The molecule has 2 rings (SSSR count). The van der Waals surface area contributed by atoms with Crippen LogP contribution in [0.3, 0.4) is 0 Å².